The fraction of sp³-hybridized carbons (Fsp3) is 0.533. The number of carbonyl (C=O) groups excluding carboxylic acids is 1. The first-order chi connectivity index (χ1) is 8.98. The van der Waals surface area contributed by atoms with E-state index in [-0.39, 0.29) is 17.9 Å². The van der Waals surface area contributed by atoms with E-state index in [1.807, 2.05) is 0 Å². The largest absolute Gasteiger partial charge is 0.329 e. The van der Waals surface area contributed by atoms with E-state index in [4.69, 9.17) is 17.3 Å². The molecule has 104 valence electrons. The zero-order valence-electron chi connectivity index (χ0n) is 11.1. The summed E-state index contributed by atoms with van der Waals surface area (Å²) in [5.74, 6) is -0.109. The van der Waals surface area contributed by atoms with Gasteiger partial charge < -0.3 is 5.73 Å². The van der Waals surface area contributed by atoms with Crippen LogP contribution in [0.1, 0.15) is 43.0 Å². The fourth-order valence-electron chi connectivity index (χ4n) is 2.80. The summed E-state index contributed by atoms with van der Waals surface area (Å²) >= 11 is 5.72. The van der Waals surface area contributed by atoms with Gasteiger partial charge in [0.05, 0.1) is 5.56 Å². The summed E-state index contributed by atoms with van der Waals surface area (Å²) in [6.07, 6.45) is 3.42. The van der Waals surface area contributed by atoms with Gasteiger partial charge in [0, 0.05) is 17.0 Å². The third-order valence-corrected chi connectivity index (χ3v) is 4.51. The number of hydrogen-bond donors (Lipinski definition) is 1. The van der Waals surface area contributed by atoms with Gasteiger partial charge in [-0.1, -0.05) is 18.5 Å². The third-order valence-electron chi connectivity index (χ3n) is 4.28. The molecule has 1 saturated carbocycles. The van der Waals surface area contributed by atoms with Crippen molar-refractivity contribution in [2.75, 3.05) is 6.54 Å². The zero-order chi connectivity index (χ0) is 14.0. The van der Waals surface area contributed by atoms with Crippen molar-refractivity contribution in [2.24, 2.45) is 17.1 Å². The monoisotopic (exact) mass is 283 g/mol. The van der Waals surface area contributed by atoms with Crippen molar-refractivity contribution in [3.63, 3.8) is 0 Å². The SMILES string of the molecule is CC1CCC(CN)(C(=O)c2ccc(Cl)cc2F)CC1. The molecule has 0 unspecified atom stereocenters. The van der Waals surface area contributed by atoms with Crippen molar-refractivity contribution in [1.29, 1.82) is 0 Å². The summed E-state index contributed by atoms with van der Waals surface area (Å²) in [7, 11) is 0. The molecule has 4 heteroatoms. The number of carbonyl (C=O) groups is 1. The predicted octanol–water partition coefficient (Wildman–Crippen LogP) is 3.82. The standard InChI is InChI=1S/C15H19ClFNO/c1-10-4-6-15(9-18,7-5-10)14(19)12-3-2-11(16)8-13(12)17/h2-3,8,10H,4-7,9,18H2,1H3. The molecule has 19 heavy (non-hydrogen) atoms. The van der Waals surface area contributed by atoms with E-state index in [0.717, 1.165) is 25.7 Å². The van der Waals surface area contributed by atoms with Crippen LogP contribution in [0.2, 0.25) is 5.02 Å². The van der Waals surface area contributed by atoms with Gasteiger partial charge in [-0.15, -0.1) is 0 Å². The number of rotatable bonds is 3. The highest BCUT2D eigenvalue weighted by Gasteiger charge is 2.40. The van der Waals surface area contributed by atoms with E-state index < -0.39 is 11.2 Å². The Kier molecular flexibility index (Phi) is 4.26. The number of nitrogens with two attached hydrogens (primary N) is 1. The number of halogens is 2. The molecule has 0 amide bonds. The topological polar surface area (TPSA) is 43.1 Å². The van der Waals surface area contributed by atoms with E-state index >= 15 is 0 Å². The first-order valence-electron chi connectivity index (χ1n) is 6.68. The van der Waals surface area contributed by atoms with Gasteiger partial charge in [-0.25, -0.2) is 4.39 Å². The second kappa shape index (κ2) is 5.59. The summed E-state index contributed by atoms with van der Waals surface area (Å²) in [6.45, 7) is 2.45. The lowest BCUT2D eigenvalue weighted by Gasteiger charge is -2.37. The van der Waals surface area contributed by atoms with Gasteiger partial charge in [0.2, 0.25) is 0 Å². The summed E-state index contributed by atoms with van der Waals surface area (Å²) < 4.78 is 13.9. The van der Waals surface area contributed by atoms with Crippen LogP contribution in [0.25, 0.3) is 0 Å². The average Bonchev–Trinajstić information content (AvgIpc) is 2.39. The molecule has 0 aromatic heterocycles. The molecule has 1 aliphatic rings. The molecule has 2 nitrogen and oxygen atoms in total. The van der Waals surface area contributed by atoms with Gasteiger partial charge in [0.15, 0.2) is 5.78 Å². The summed E-state index contributed by atoms with van der Waals surface area (Å²) in [6, 6.07) is 4.20. The summed E-state index contributed by atoms with van der Waals surface area (Å²) in [4.78, 5) is 12.6. The quantitative estimate of drug-likeness (QED) is 0.857. The number of hydrogen-bond acceptors (Lipinski definition) is 2. The van der Waals surface area contributed by atoms with E-state index in [1.165, 1.54) is 12.1 Å². The molecule has 1 aromatic carbocycles. The number of benzene rings is 1. The molecule has 2 N–H and O–H groups in total. The maximum absolute atomic E-state index is 13.9. The summed E-state index contributed by atoms with van der Waals surface area (Å²) in [5, 5.41) is 0.299. The molecule has 0 heterocycles. The van der Waals surface area contributed by atoms with Crippen molar-refractivity contribution in [3.05, 3.63) is 34.6 Å². The van der Waals surface area contributed by atoms with E-state index in [9.17, 15) is 9.18 Å². The second-order valence-electron chi connectivity index (χ2n) is 5.62. The van der Waals surface area contributed by atoms with Crippen LogP contribution in [-0.4, -0.2) is 12.3 Å². The molecule has 1 aromatic rings. The highest BCUT2D eigenvalue weighted by molar-refractivity contribution is 6.30. The maximum atomic E-state index is 13.9. The van der Waals surface area contributed by atoms with Gasteiger partial charge in [0.1, 0.15) is 5.82 Å². The van der Waals surface area contributed by atoms with Gasteiger partial charge in [0.25, 0.3) is 0 Å². The Labute approximate surface area is 118 Å². The van der Waals surface area contributed by atoms with Crippen molar-refractivity contribution in [1.82, 2.24) is 0 Å². The van der Waals surface area contributed by atoms with Gasteiger partial charge in [-0.05, 0) is 49.8 Å². The molecule has 2 rings (SSSR count). The van der Waals surface area contributed by atoms with Gasteiger partial charge in [-0.2, -0.15) is 0 Å². The molecule has 0 radical (unpaired) electrons. The Morgan fingerprint density at radius 3 is 2.63 bits per heavy atom. The lowest BCUT2D eigenvalue weighted by atomic mass is 9.67. The minimum absolute atomic E-state index is 0.115. The maximum Gasteiger partial charge on any atom is 0.173 e. The predicted molar refractivity (Wildman–Crippen MR) is 74.9 cm³/mol. The van der Waals surface area contributed by atoms with Gasteiger partial charge in [-0.3, -0.25) is 4.79 Å². The highest BCUT2D eigenvalue weighted by Crippen LogP contribution is 2.41. The van der Waals surface area contributed by atoms with Crippen LogP contribution in [0.15, 0.2) is 18.2 Å². The first kappa shape index (κ1) is 14.5. The molecular weight excluding hydrogens is 265 g/mol. The normalized spacial score (nSPS) is 27.3. The number of Topliss-reactive ketones (excluding diaryl/α,β-unsaturated/α-hetero) is 1. The number of ketones is 1. The lowest BCUT2D eigenvalue weighted by Crippen LogP contribution is -2.42. The van der Waals surface area contributed by atoms with Crippen molar-refractivity contribution in [2.45, 2.75) is 32.6 Å². The van der Waals surface area contributed by atoms with Crippen molar-refractivity contribution < 1.29 is 9.18 Å². The molecule has 1 fully saturated rings. The third kappa shape index (κ3) is 2.82. The Morgan fingerprint density at radius 1 is 1.47 bits per heavy atom. The Balaban J connectivity index is 2.30. The van der Waals surface area contributed by atoms with Crippen LogP contribution in [0, 0.1) is 17.2 Å². The zero-order valence-corrected chi connectivity index (χ0v) is 11.8. The molecule has 0 atom stereocenters. The fourth-order valence-corrected chi connectivity index (χ4v) is 2.96. The van der Waals surface area contributed by atoms with Crippen LogP contribution < -0.4 is 5.73 Å². The second-order valence-corrected chi connectivity index (χ2v) is 6.06. The van der Waals surface area contributed by atoms with Crippen LogP contribution in [0.5, 0.6) is 0 Å². The molecular formula is C15H19ClFNO. The molecule has 0 spiro atoms. The van der Waals surface area contributed by atoms with E-state index in [1.54, 1.807) is 6.07 Å². The minimum Gasteiger partial charge on any atom is -0.329 e. The minimum atomic E-state index is -0.596. The van der Waals surface area contributed by atoms with Crippen LogP contribution in [0.3, 0.4) is 0 Å². The smallest absolute Gasteiger partial charge is 0.173 e. The lowest BCUT2D eigenvalue weighted by molar-refractivity contribution is 0.0691. The van der Waals surface area contributed by atoms with E-state index in [0.29, 0.717) is 10.9 Å². The molecule has 1 aliphatic carbocycles. The van der Waals surface area contributed by atoms with Crippen LogP contribution in [-0.2, 0) is 0 Å². The molecule has 0 saturated heterocycles. The Morgan fingerprint density at radius 2 is 2.11 bits per heavy atom. The van der Waals surface area contributed by atoms with Gasteiger partial charge >= 0.3 is 0 Å². The highest BCUT2D eigenvalue weighted by atomic mass is 35.5. The molecule has 0 bridgehead atoms. The average molecular weight is 284 g/mol. The van der Waals surface area contributed by atoms with Crippen LogP contribution >= 0.6 is 11.6 Å². The summed E-state index contributed by atoms with van der Waals surface area (Å²) in [5.41, 5.74) is 5.35. The van der Waals surface area contributed by atoms with Crippen molar-refractivity contribution in [3.8, 4) is 0 Å². The Bertz CT molecular complexity index is 481. The molecule has 0 aliphatic heterocycles. The Hall–Kier alpha value is -0.930. The van der Waals surface area contributed by atoms with E-state index in [2.05, 4.69) is 6.92 Å². The van der Waals surface area contributed by atoms with Crippen molar-refractivity contribution >= 4 is 17.4 Å². The first-order valence-corrected chi connectivity index (χ1v) is 7.06. The van der Waals surface area contributed by atoms with Crippen LogP contribution in [0.4, 0.5) is 4.39 Å².